The van der Waals surface area contributed by atoms with E-state index in [2.05, 4.69) is 31.2 Å². The number of anilines is 1. The third-order valence-corrected chi connectivity index (χ3v) is 4.88. The second-order valence-electron chi connectivity index (χ2n) is 5.98. The number of hydrogen-bond donors (Lipinski definition) is 1. The number of hydrogen-bond acceptors (Lipinski definition) is 5. The molecule has 0 saturated carbocycles. The van der Waals surface area contributed by atoms with Gasteiger partial charge in [-0.25, -0.2) is 9.97 Å². The maximum atomic E-state index is 12.2. The molecule has 0 spiro atoms. The van der Waals surface area contributed by atoms with Crippen molar-refractivity contribution >= 4 is 45.2 Å². The number of aryl methyl sites for hydroxylation is 3. The maximum Gasteiger partial charge on any atom is 0.243 e. The molecule has 8 heteroatoms. The van der Waals surface area contributed by atoms with Crippen LogP contribution in [0.1, 0.15) is 17.0 Å². The molecule has 0 bridgehead atoms. The summed E-state index contributed by atoms with van der Waals surface area (Å²) in [5, 5.41) is 3.40. The lowest BCUT2D eigenvalue weighted by Gasteiger charge is -2.17. The van der Waals surface area contributed by atoms with Gasteiger partial charge in [0.2, 0.25) is 11.8 Å². The number of halogens is 1. The minimum Gasteiger partial charge on any atom is -0.336 e. The number of carbonyl (C=O) groups excluding carboxylic acids is 2. The van der Waals surface area contributed by atoms with E-state index in [1.807, 2.05) is 45.0 Å². The van der Waals surface area contributed by atoms with Crippen molar-refractivity contribution < 1.29 is 9.59 Å². The Morgan fingerprint density at radius 2 is 1.81 bits per heavy atom. The van der Waals surface area contributed by atoms with Crippen LogP contribution < -0.4 is 5.32 Å². The van der Waals surface area contributed by atoms with Crippen LogP contribution in [0.3, 0.4) is 0 Å². The van der Waals surface area contributed by atoms with E-state index < -0.39 is 0 Å². The molecule has 1 N–H and O–H groups in total. The molecule has 26 heavy (non-hydrogen) atoms. The summed E-state index contributed by atoms with van der Waals surface area (Å²) in [6, 6.07) is 7.49. The van der Waals surface area contributed by atoms with Crippen LogP contribution in [0.5, 0.6) is 0 Å². The quantitative estimate of drug-likeness (QED) is 0.554. The molecule has 0 unspecified atom stereocenters. The van der Waals surface area contributed by atoms with Crippen molar-refractivity contribution in [3.63, 3.8) is 0 Å². The van der Waals surface area contributed by atoms with Crippen LogP contribution in [0.2, 0.25) is 0 Å². The van der Waals surface area contributed by atoms with Gasteiger partial charge in [-0.3, -0.25) is 9.59 Å². The Balaban J connectivity index is 1.86. The molecule has 0 radical (unpaired) electrons. The standard InChI is InChI=1S/C18H21BrN4O2S/c1-11-7-14(19)5-6-15(11)22-16(24)9-23(4)17(25)10-26-18-20-12(2)8-13(3)21-18/h5-8H,9-10H2,1-4H3,(H,22,24). The van der Waals surface area contributed by atoms with Crippen LogP contribution in [-0.2, 0) is 9.59 Å². The number of aromatic nitrogens is 2. The molecule has 6 nitrogen and oxygen atoms in total. The van der Waals surface area contributed by atoms with Gasteiger partial charge >= 0.3 is 0 Å². The molecule has 1 aromatic heterocycles. The summed E-state index contributed by atoms with van der Waals surface area (Å²) in [5.74, 6) is -0.205. The zero-order chi connectivity index (χ0) is 19.3. The second-order valence-corrected chi connectivity index (χ2v) is 7.84. The van der Waals surface area contributed by atoms with E-state index in [9.17, 15) is 9.59 Å². The molecule has 138 valence electrons. The molecule has 2 aromatic rings. The molecule has 0 aliphatic heterocycles. The van der Waals surface area contributed by atoms with Crippen LogP contribution in [0.4, 0.5) is 5.69 Å². The van der Waals surface area contributed by atoms with Crippen molar-refractivity contribution in [2.24, 2.45) is 0 Å². The van der Waals surface area contributed by atoms with E-state index in [1.165, 1.54) is 16.7 Å². The first-order valence-electron chi connectivity index (χ1n) is 7.99. The fourth-order valence-electron chi connectivity index (χ4n) is 2.26. The molecule has 1 heterocycles. The number of carbonyl (C=O) groups is 2. The van der Waals surface area contributed by atoms with Crippen molar-refractivity contribution in [2.75, 3.05) is 24.7 Å². The van der Waals surface area contributed by atoms with Crippen molar-refractivity contribution in [2.45, 2.75) is 25.9 Å². The number of likely N-dealkylation sites (N-methyl/N-ethyl adjacent to an activating group) is 1. The van der Waals surface area contributed by atoms with Gasteiger partial charge in [0.05, 0.1) is 12.3 Å². The van der Waals surface area contributed by atoms with Gasteiger partial charge in [0.25, 0.3) is 0 Å². The largest absolute Gasteiger partial charge is 0.336 e. The average molecular weight is 437 g/mol. The van der Waals surface area contributed by atoms with Gasteiger partial charge in [0.15, 0.2) is 5.16 Å². The van der Waals surface area contributed by atoms with Crippen molar-refractivity contribution in [1.29, 1.82) is 0 Å². The molecular weight excluding hydrogens is 416 g/mol. The smallest absolute Gasteiger partial charge is 0.243 e. The summed E-state index contributed by atoms with van der Waals surface area (Å²) in [4.78, 5) is 34.4. The van der Waals surface area contributed by atoms with E-state index in [1.54, 1.807) is 7.05 Å². The first-order chi connectivity index (χ1) is 12.2. The highest BCUT2D eigenvalue weighted by atomic mass is 79.9. The lowest BCUT2D eigenvalue weighted by molar-refractivity contribution is -0.131. The Hall–Kier alpha value is -1.93. The zero-order valence-corrected chi connectivity index (χ0v) is 17.6. The minimum atomic E-state index is -0.237. The molecule has 0 fully saturated rings. The minimum absolute atomic E-state index is 0.0113. The zero-order valence-electron chi connectivity index (χ0n) is 15.2. The fraction of sp³-hybridized carbons (Fsp3) is 0.333. The predicted molar refractivity (Wildman–Crippen MR) is 107 cm³/mol. The van der Waals surface area contributed by atoms with Gasteiger partial charge in [0.1, 0.15) is 0 Å². The molecule has 0 atom stereocenters. The molecular formula is C18H21BrN4O2S. The third kappa shape index (κ3) is 6.10. The number of amides is 2. The van der Waals surface area contributed by atoms with Crippen molar-refractivity contribution in [3.8, 4) is 0 Å². The number of nitrogens with one attached hydrogen (secondary N) is 1. The van der Waals surface area contributed by atoms with Crippen LogP contribution in [0.15, 0.2) is 33.9 Å². The molecule has 1 aromatic carbocycles. The van der Waals surface area contributed by atoms with E-state index in [0.717, 1.165) is 27.1 Å². The van der Waals surface area contributed by atoms with E-state index in [4.69, 9.17) is 0 Å². The van der Waals surface area contributed by atoms with E-state index >= 15 is 0 Å². The summed E-state index contributed by atoms with van der Waals surface area (Å²) in [6.45, 7) is 5.68. The summed E-state index contributed by atoms with van der Waals surface area (Å²) in [5.41, 5.74) is 3.41. The summed E-state index contributed by atoms with van der Waals surface area (Å²) in [6.07, 6.45) is 0. The Kier molecular flexibility index (Phi) is 7.16. The number of rotatable bonds is 6. The number of thioether (sulfide) groups is 1. The lowest BCUT2D eigenvalue weighted by Crippen LogP contribution is -2.36. The van der Waals surface area contributed by atoms with Crippen molar-refractivity contribution in [1.82, 2.24) is 14.9 Å². The first kappa shape index (κ1) is 20.4. The van der Waals surface area contributed by atoms with Gasteiger partial charge in [-0.1, -0.05) is 27.7 Å². The molecule has 0 saturated heterocycles. The first-order valence-corrected chi connectivity index (χ1v) is 9.77. The third-order valence-electron chi connectivity index (χ3n) is 3.56. The summed E-state index contributed by atoms with van der Waals surface area (Å²) < 4.78 is 0.950. The second kappa shape index (κ2) is 9.14. The van der Waals surface area contributed by atoms with E-state index in [-0.39, 0.29) is 24.1 Å². The highest BCUT2D eigenvalue weighted by Crippen LogP contribution is 2.20. The van der Waals surface area contributed by atoms with Crippen LogP contribution in [-0.4, -0.2) is 46.0 Å². The summed E-state index contributed by atoms with van der Waals surface area (Å²) in [7, 11) is 1.61. The van der Waals surface area contributed by atoms with Crippen LogP contribution in [0.25, 0.3) is 0 Å². The number of benzene rings is 1. The highest BCUT2D eigenvalue weighted by molar-refractivity contribution is 9.10. The van der Waals surface area contributed by atoms with Gasteiger partial charge in [0, 0.05) is 28.6 Å². The van der Waals surface area contributed by atoms with Gasteiger partial charge in [-0.15, -0.1) is 0 Å². The van der Waals surface area contributed by atoms with Crippen molar-refractivity contribution in [3.05, 3.63) is 45.7 Å². The Morgan fingerprint density at radius 1 is 1.15 bits per heavy atom. The fourth-order valence-corrected chi connectivity index (χ4v) is 3.62. The highest BCUT2D eigenvalue weighted by Gasteiger charge is 2.15. The number of nitrogens with zero attached hydrogens (tertiary/aromatic N) is 3. The van der Waals surface area contributed by atoms with Gasteiger partial charge in [-0.2, -0.15) is 0 Å². The predicted octanol–water partition coefficient (Wildman–Crippen LogP) is 3.35. The van der Waals surface area contributed by atoms with Crippen LogP contribution in [0, 0.1) is 20.8 Å². The Labute approximate surface area is 165 Å². The SMILES string of the molecule is Cc1cc(C)nc(SCC(=O)N(C)CC(=O)Nc2ccc(Br)cc2C)n1. The monoisotopic (exact) mass is 436 g/mol. The average Bonchev–Trinajstić information content (AvgIpc) is 2.54. The van der Waals surface area contributed by atoms with E-state index in [0.29, 0.717) is 5.16 Å². The Bertz CT molecular complexity index is 809. The lowest BCUT2D eigenvalue weighted by atomic mass is 10.2. The van der Waals surface area contributed by atoms with Crippen LogP contribution >= 0.6 is 27.7 Å². The van der Waals surface area contributed by atoms with Gasteiger partial charge in [-0.05, 0) is 50.6 Å². The molecule has 0 aliphatic rings. The normalized spacial score (nSPS) is 10.5. The topological polar surface area (TPSA) is 75.2 Å². The molecule has 0 aliphatic carbocycles. The maximum absolute atomic E-state index is 12.2. The molecule has 2 amide bonds. The molecule has 2 rings (SSSR count). The summed E-state index contributed by atoms with van der Waals surface area (Å²) >= 11 is 4.66. The van der Waals surface area contributed by atoms with Gasteiger partial charge < -0.3 is 10.2 Å². The Morgan fingerprint density at radius 3 is 2.42 bits per heavy atom.